The van der Waals surface area contributed by atoms with Crippen LogP contribution in [0, 0.1) is 18.8 Å². The Kier molecular flexibility index (Phi) is 5.31. The fourth-order valence-corrected chi connectivity index (χ4v) is 6.63. The Morgan fingerprint density at radius 3 is 2.48 bits per heavy atom. The molecule has 1 saturated heterocycles. The van der Waals surface area contributed by atoms with Crippen molar-refractivity contribution in [2.45, 2.75) is 36.8 Å². The molecule has 29 heavy (non-hydrogen) atoms. The summed E-state index contributed by atoms with van der Waals surface area (Å²) in [6.07, 6.45) is 1.96. The molecule has 4 atom stereocenters. The maximum Gasteiger partial charge on any atom is 0.248 e. The summed E-state index contributed by atoms with van der Waals surface area (Å²) in [5.41, 5.74) is 1.24. The minimum Gasteiger partial charge on any atom is -0.380 e. The van der Waals surface area contributed by atoms with E-state index in [0.717, 1.165) is 23.8 Å². The molecular weight excluding hydrogens is 390 g/mol. The Balaban J connectivity index is 1.62. The molecule has 0 amide bonds. The standard InChI is InChI=1S/C21H29N3O4S/c1-13-7-21(25)22-18-6-5-16(10-17(13)18)29(26,27)24-11-14-8-19(23(2)3)20(28-4)9-15(14)12-24/h5-7,10,14-15,19-20H,8-9,11-12H2,1-4H3,(H,22,25)/t14-,15+,19-,20-/m1/s1. The molecule has 0 radical (unpaired) electrons. The number of aromatic amines is 1. The van der Waals surface area contributed by atoms with Crippen molar-refractivity contribution in [3.63, 3.8) is 0 Å². The van der Waals surface area contributed by atoms with Gasteiger partial charge < -0.3 is 14.6 Å². The van der Waals surface area contributed by atoms with Gasteiger partial charge in [0.25, 0.3) is 0 Å². The first kappa shape index (κ1) is 20.5. The van der Waals surface area contributed by atoms with Crippen LogP contribution < -0.4 is 5.56 Å². The molecule has 2 aromatic rings. The molecule has 8 heteroatoms. The van der Waals surface area contributed by atoms with E-state index in [2.05, 4.69) is 24.0 Å². The summed E-state index contributed by atoms with van der Waals surface area (Å²) in [5.74, 6) is 0.673. The molecule has 1 aromatic carbocycles. The summed E-state index contributed by atoms with van der Waals surface area (Å²) < 4.78 is 34.1. The highest BCUT2D eigenvalue weighted by atomic mass is 32.2. The van der Waals surface area contributed by atoms with Crippen LogP contribution in [-0.4, -0.2) is 69.0 Å². The van der Waals surface area contributed by atoms with Crippen LogP contribution in [0.4, 0.5) is 0 Å². The largest absolute Gasteiger partial charge is 0.380 e. The van der Waals surface area contributed by atoms with Gasteiger partial charge in [-0.15, -0.1) is 0 Å². The minimum atomic E-state index is -3.59. The van der Waals surface area contributed by atoms with Crippen molar-refractivity contribution in [1.82, 2.24) is 14.2 Å². The highest BCUT2D eigenvalue weighted by molar-refractivity contribution is 7.89. The van der Waals surface area contributed by atoms with Crippen LogP contribution in [0.25, 0.3) is 10.9 Å². The molecule has 1 N–H and O–H groups in total. The maximum absolute atomic E-state index is 13.4. The number of fused-ring (bicyclic) bond motifs is 2. The molecule has 2 heterocycles. The second-order valence-corrected chi connectivity index (χ2v) is 10.6. The van der Waals surface area contributed by atoms with Gasteiger partial charge in [0.2, 0.25) is 15.6 Å². The zero-order valence-corrected chi connectivity index (χ0v) is 18.2. The molecule has 158 valence electrons. The van der Waals surface area contributed by atoms with Gasteiger partial charge in [0.05, 0.1) is 11.0 Å². The number of benzene rings is 1. The summed E-state index contributed by atoms with van der Waals surface area (Å²) >= 11 is 0. The zero-order chi connectivity index (χ0) is 20.9. The van der Waals surface area contributed by atoms with Gasteiger partial charge in [-0.05, 0) is 69.5 Å². The van der Waals surface area contributed by atoms with E-state index in [0.29, 0.717) is 36.5 Å². The number of hydrogen-bond acceptors (Lipinski definition) is 5. The number of nitrogens with zero attached hydrogens (tertiary/aromatic N) is 2. The molecule has 4 rings (SSSR count). The van der Waals surface area contributed by atoms with Crippen molar-refractivity contribution in [2.24, 2.45) is 11.8 Å². The van der Waals surface area contributed by atoms with E-state index in [4.69, 9.17) is 4.74 Å². The summed E-state index contributed by atoms with van der Waals surface area (Å²) in [4.78, 5) is 16.9. The SMILES string of the molecule is CO[C@@H]1C[C@H]2CN(S(=O)(=O)c3ccc4[nH]c(=O)cc(C)c4c3)C[C@H]2C[C@H]1N(C)C. The highest BCUT2D eigenvalue weighted by Crippen LogP contribution is 2.40. The number of pyridine rings is 1. The Morgan fingerprint density at radius 2 is 1.83 bits per heavy atom. The van der Waals surface area contributed by atoms with Gasteiger partial charge in [0, 0.05) is 43.2 Å². The number of ether oxygens (including phenoxy) is 1. The van der Waals surface area contributed by atoms with Crippen LogP contribution in [0.15, 0.2) is 34.0 Å². The van der Waals surface area contributed by atoms with Crippen LogP contribution in [0.2, 0.25) is 0 Å². The second-order valence-electron chi connectivity index (χ2n) is 8.64. The molecule has 1 saturated carbocycles. The van der Waals surface area contributed by atoms with Crippen molar-refractivity contribution in [1.29, 1.82) is 0 Å². The first-order valence-electron chi connectivity index (χ1n) is 10.0. The van der Waals surface area contributed by atoms with E-state index < -0.39 is 10.0 Å². The van der Waals surface area contributed by atoms with E-state index in [1.165, 1.54) is 6.07 Å². The lowest BCUT2D eigenvalue weighted by Gasteiger charge is -2.40. The first-order valence-corrected chi connectivity index (χ1v) is 11.5. The second kappa shape index (κ2) is 7.50. The predicted octanol–water partition coefficient (Wildman–Crippen LogP) is 1.81. The monoisotopic (exact) mass is 419 g/mol. The minimum absolute atomic E-state index is 0.133. The molecule has 1 aromatic heterocycles. The van der Waals surface area contributed by atoms with Crippen molar-refractivity contribution in [3.05, 3.63) is 40.2 Å². The van der Waals surface area contributed by atoms with E-state index in [1.807, 2.05) is 6.92 Å². The predicted molar refractivity (Wildman–Crippen MR) is 113 cm³/mol. The molecule has 1 aliphatic carbocycles. The van der Waals surface area contributed by atoms with E-state index in [9.17, 15) is 13.2 Å². The van der Waals surface area contributed by atoms with Crippen LogP contribution in [0.5, 0.6) is 0 Å². The Hall–Kier alpha value is -1.74. The van der Waals surface area contributed by atoms with Crippen LogP contribution >= 0.6 is 0 Å². The molecule has 2 aliphatic rings. The van der Waals surface area contributed by atoms with Crippen LogP contribution in [0.1, 0.15) is 18.4 Å². The van der Waals surface area contributed by atoms with Crippen LogP contribution in [0.3, 0.4) is 0 Å². The lowest BCUT2D eigenvalue weighted by atomic mass is 9.77. The third kappa shape index (κ3) is 3.63. The summed E-state index contributed by atoms with van der Waals surface area (Å²) in [5, 5.41) is 0.759. The van der Waals surface area contributed by atoms with Gasteiger partial charge in [-0.3, -0.25) is 4.79 Å². The van der Waals surface area contributed by atoms with Crippen molar-refractivity contribution >= 4 is 20.9 Å². The van der Waals surface area contributed by atoms with E-state index in [-0.39, 0.29) is 16.6 Å². The summed E-state index contributed by atoms with van der Waals surface area (Å²) in [6.45, 7) is 2.91. The third-order valence-electron chi connectivity index (χ3n) is 6.68. The van der Waals surface area contributed by atoms with Crippen molar-refractivity contribution < 1.29 is 13.2 Å². The van der Waals surface area contributed by atoms with Gasteiger partial charge in [0.1, 0.15) is 0 Å². The number of nitrogens with one attached hydrogen (secondary N) is 1. The fraction of sp³-hybridized carbons (Fsp3) is 0.571. The number of aryl methyl sites for hydroxylation is 1. The number of methoxy groups -OCH3 is 1. The quantitative estimate of drug-likeness (QED) is 0.817. The Morgan fingerprint density at radius 1 is 1.14 bits per heavy atom. The smallest absolute Gasteiger partial charge is 0.248 e. The van der Waals surface area contributed by atoms with Gasteiger partial charge in [-0.2, -0.15) is 4.31 Å². The van der Waals surface area contributed by atoms with Crippen molar-refractivity contribution in [3.8, 4) is 0 Å². The molecule has 1 aliphatic heterocycles. The average molecular weight is 420 g/mol. The molecule has 0 unspecified atom stereocenters. The third-order valence-corrected chi connectivity index (χ3v) is 8.50. The number of rotatable bonds is 4. The maximum atomic E-state index is 13.4. The van der Waals surface area contributed by atoms with E-state index in [1.54, 1.807) is 29.6 Å². The number of likely N-dealkylation sites (N-methyl/N-ethyl adjacent to an activating group) is 1. The zero-order valence-electron chi connectivity index (χ0n) is 17.4. The number of sulfonamides is 1. The lowest BCUT2D eigenvalue weighted by Crippen LogP contribution is -2.47. The molecule has 2 fully saturated rings. The average Bonchev–Trinajstić information content (AvgIpc) is 3.10. The number of aromatic nitrogens is 1. The molecule has 7 nitrogen and oxygen atoms in total. The van der Waals surface area contributed by atoms with Gasteiger partial charge >= 0.3 is 0 Å². The van der Waals surface area contributed by atoms with Gasteiger partial charge in [-0.25, -0.2) is 8.42 Å². The fourth-order valence-electron chi connectivity index (χ4n) is 5.05. The van der Waals surface area contributed by atoms with Gasteiger partial charge in [-0.1, -0.05) is 0 Å². The topological polar surface area (TPSA) is 82.7 Å². The molecular formula is C21H29N3O4S. The normalized spacial score (nSPS) is 28.2. The summed E-state index contributed by atoms with van der Waals surface area (Å²) in [7, 11) is 2.27. The molecule has 0 bridgehead atoms. The number of H-pyrrole nitrogens is 1. The number of hydrogen-bond donors (Lipinski definition) is 1. The highest BCUT2D eigenvalue weighted by Gasteiger charge is 2.46. The lowest BCUT2D eigenvalue weighted by molar-refractivity contribution is -0.0209. The Bertz CT molecular complexity index is 1080. The first-order chi connectivity index (χ1) is 13.7. The van der Waals surface area contributed by atoms with Gasteiger partial charge in [0.15, 0.2) is 0 Å². The van der Waals surface area contributed by atoms with Crippen LogP contribution in [-0.2, 0) is 14.8 Å². The van der Waals surface area contributed by atoms with Crippen molar-refractivity contribution in [2.75, 3.05) is 34.3 Å². The van der Waals surface area contributed by atoms with E-state index >= 15 is 0 Å². The summed E-state index contributed by atoms with van der Waals surface area (Å²) in [6, 6.07) is 6.76. The molecule has 0 spiro atoms. The Labute approximate surface area is 171 Å².